The van der Waals surface area contributed by atoms with Gasteiger partial charge in [0.25, 0.3) is 0 Å². The zero-order valence-corrected chi connectivity index (χ0v) is 19.8. The van der Waals surface area contributed by atoms with Gasteiger partial charge >= 0.3 is 6.18 Å². The minimum Gasteiger partial charge on any atom is -0.324 e. The van der Waals surface area contributed by atoms with Crippen molar-refractivity contribution in [3.8, 4) is 0 Å². The number of carbonyl (C=O) groups is 1. The predicted octanol–water partition coefficient (Wildman–Crippen LogP) is 5.67. The van der Waals surface area contributed by atoms with Gasteiger partial charge in [-0.05, 0) is 42.3 Å². The molecule has 0 fully saturated rings. The normalized spacial score (nSPS) is 15.5. The van der Waals surface area contributed by atoms with E-state index in [2.05, 4.69) is 11.6 Å². The maximum absolute atomic E-state index is 13.8. The van der Waals surface area contributed by atoms with E-state index in [0.29, 0.717) is 6.07 Å². The first-order chi connectivity index (χ1) is 16.2. The van der Waals surface area contributed by atoms with E-state index in [1.807, 2.05) is 0 Å². The molecule has 11 heteroatoms. The van der Waals surface area contributed by atoms with E-state index < -0.39 is 45.4 Å². The van der Waals surface area contributed by atoms with Gasteiger partial charge in [-0.3, -0.25) is 4.79 Å². The van der Waals surface area contributed by atoms with Gasteiger partial charge in [-0.15, -0.1) is 0 Å². The molecule has 5 nitrogen and oxygen atoms in total. The van der Waals surface area contributed by atoms with Gasteiger partial charge in [-0.2, -0.15) is 13.2 Å². The summed E-state index contributed by atoms with van der Waals surface area (Å²) in [5.41, 5.74) is -1.20. The zero-order chi connectivity index (χ0) is 26.3. The number of imidazole rings is 1. The van der Waals surface area contributed by atoms with Crippen LogP contribution in [0.5, 0.6) is 0 Å². The first-order valence-electron chi connectivity index (χ1n) is 10.3. The molecule has 0 aliphatic heterocycles. The Morgan fingerprint density at radius 3 is 2.31 bits per heavy atom. The second-order valence-corrected chi connectivity index (χ2v) is 10.1. The van der Waals surface area contributed by atoms with Crippen LogP contribution in [0.1, 0.15) is 47.8 Å². The van der Waals surface area contributed by atoms with Crippen molar-refractivity contribution in [1.29, 1.82) is 0 Å². The Hall–Kier alpha value is -3.34. The molecule has 186 valence electrons. The number of benzene rings is 1. The number of hydrogen-bond donors (Lipinski definition) is 0. The number of sulfone groups is 1. The lowest BCUT2D eigenvalue weighted by atomic mass is 9.98. The van der Waals surface area contributed by atoms with Crippen molar-refractivity contribution in [1.82, 2.24) is 9.55 Å². The molecular weight excluding hydrogens is 491 g/mol. The van der Waals surface area contributed by atoms with E-state index in [0.717, 1.165) is 18.2 Å². The number of hydrogen-bond acceptors (Lipinski definition) is 4. The van der Waals surface area contributed by atoms with Crippen molar-refractivity contribution in [2.45, 2.75) is 26.4 Å². The lowest BCUT2D eigenvalue weighted by molar-refractivity contribution is -0.0923. The van der Waals surface area contributed by atoms with E-state index in [1.165, 1.54) is 37.6 Å². The van der Waals surface area contributed by atoms with E-state index in [1.54, 1.807) is 0 Å². The van der Waals surface area contributed by atoms with Crippen LogP contribution in [-0.4, -0.2) is 35.7 Å². The number of rotatable bonds is 6. The summed E-state index contributed by atoms with van der Waals surface area (Å²) < 4.78 is 94.3. The Balaban J connectivity index is 2.29. The number of nitrogens with zero attached hydrogens (tertiary/aromatic N) is 2. The Bertz CT molecular complexity index is 1410. The number of Topliss-reactive ketones (excluding diaryl/α,β-unsaturated/α-hetero) is 1. The van der Waals surface area contributed by atoms with Crippen molar-refractivity contribution in [2.75, 3.05) is 5.75 Å². The van der Waals surface area contributed by atoms with Gasteiger partial charge in [0, 0.05) is 30.7 Å². The number of halogens is 5. The summed E-state index contributed by atoms with van der Waals surface area (Å²) in [6, 6.07) is 2.67. The average molecular weight is 513 g/mol. The van der Waals surface area contributed by atoms with Crippen LogP contribution in [0.25, 0.3) is 17.2 Å². The van der Waals surface area contributed by atoms with Gasteiger partial charge in [-0.1, -0.05) is 19.6 Å². The van der Waals surface area contributed by atoms with Crippen molar-refractivity contribution >= 4 is 32.8 Å². The van der Waals surface area contributed by atoms with Crippen LogP contribution < -0.4 is 0 Å². The smallest absolute Gasteiger partial charge is 0.324 e. The molecule has 1 aromatic heterocycles. The molecule has 1 heterocycles. The monoisotopic (exact) mass is 512 g/mol. The van der Waals surface area contributed by atoms with Gasteiger partial charge < -0.3 is 4.57 Å². The van der Waals surface area contributed by atoms with Crippen molar-refractivity contribution < 1.29 is 35.2 Å². The number of ketones is 1. The van der Waals surface area contributed by atoms with Gasteiger partial charge in [0.2, 0.25) is 0 Å². The van der Waals surface area contributed by atoms with Gasteiger partial charge in [0.15, 0.2) is 15.6 Å². The van der Waals surface area contributed by atoms with Gasteiger partial charge in [-0.25, -0.2) is 22.2 Å². The lowest BCUT2D eigenvalue weighted by Gasteiger charge is -2.15. The van der Waals surface area contributed by atoms with Crippen LogP contribution >= 0.6 is 0 Å². The number of fused-ring (bicyclic) bond motifs is 1. The van der Waals surface area contributed by atoms with Crippen LogP contribution in [0.15, 0.2) is 47.4 Å². The highest BCUT2D eigenvalue weighted by Gasteiger charge is 2.39. The first-order valence-corrected chi connectivity index (χ1v) is 12.0. The molecule has 0 saturated carbocycles. The molecule has 0 saturated heterocycles. The summed E-state index contributed by atoms with van der Waals surface area (Å²) in [5, 5.41) is 0. The number of alkyl halides is 3. The fourth-order valence-electron chi connectivity index (χ4n) is 3.76. The summed E-state index contributed by atoms with van der Waals surface area (Å²) in [5.74, 6) is -2.95. The minimum absolute atomic E-state index is 0.0289. The van der Waals surface area contributed by atoms with Gasteiger partial charge in [0.05, 0.1) is 16.4 Å². The Morgan fingerprint density at radius 1 is 1.20 bits per heavy atom. The maximum Gasteiger partial charge on any atom is 0.413 e. The fourth-order valence-corrected chi connectivity index (χ4v) is 4.93. The molecule has 0 radical (unpaired) electrons. The largest absolute Gasteiger partial charge is 0.413 e. The van der Waals surface area contributed by atoms with E-state index in [9.17, 15) is 35.2 Å². The van der Waals surface area contributed by atoms with E-state index in [-0.39, 0.29) is 44.6 Å². The Kier molecular flexibility index (Phi) is 7.03. The summed E-state index contributed by atoms with van der Waals surface area (Å²) >= 11 is 0. The Morgan fingerprint density at radius 2 is 1.80 bits per heavy atom. The molecule has 0 amide bonds. The first kappa shape index (κ1) is 26.3. The molecule has 1 aliphatic carbocycles. The summed E-state index contributed by atoms with van der Waals surface area (Å²) in [6.07, 6.45) is -2.42. The van der Waals surface area contributed by atoms with Crippen LogP contribution in [0, 0.1) is 11.6 Å². The third-order valence-electron chi connectivity index (χ3n) is 5.53. The Labute approximate surface area is 198 Å². The fraction of sp³-hybridized carbons (Fsp3) is 0.250. The molecule has 35 heavy (non-hydrogen) atoms. The molecule has 1 aliphatic rings. The molecule has 1 aromatic carbocycles. The predicted molar refractivity (Wildman–Crippen MR) is 123 cm³/mol. The van der Waals surface area contributed by atoms with Crippen LogP contribution in [0.2, 0.25) is 0 Å². The summed E-state index contributed by atoms with van der Waals surface area (Å²) in [4.78, 5) is 16.3. The molecule has 0 N–H and O–H groups in total. The highest BCUT2D eigenvalue weighted by atomic mass is 32.2. The quantitative estimate of drug-likeness (QED) is 0.370. The van der Waals surface area contributed by atoms with Crippen LogP contribution in [-0.2, 0) is 16.9 Å². The highest BCUT2D eigenvalue weighted by Crippen LogP contribution is 2.36. The maximum atomic E-state index is 13.8. The molecular formula is C24H21F5N2O3S. The van der Waals surface area contributed by atoms with E-state index in [4.69, 9.17) is 0 Å². The third-order valence-corrected chi connectivity index (χ3v) is 7.39. The minimum atomic E-state index is -4.71. The number of allylic oxidation sites excluding steroid dienone is 5. The molecule has 3 rings (SSSR count). The summed E-state index contributed by atoms with van der Waals surface area (Å²) in [7, 11) is -2.58. The molecule has 0 bridgehead atoms. The average Bonchev–Trinajstić information content (AvgIpc) is 3.09. The zero-order valence-electron chi connectivity index (χ0n) is 19.0. The summed E-state index contributed by atoms with van der Waals surface area (Å²) in [6.45, 7) is 6.36. The van der Waals surface area contributed by atoms with Crippen LogP contribution in [0.4, 0.5) is 22.0 Å². The lowest BCUT2D eigenvalue weighted by Crippen LogP contribution is -2.20. The third kappa shape index (κ3) is 5.19. The van der Waals surface area contributed by atoms with Crippen molar-refractivity contribution in [3.05, 3.63) is 81.8 Å². The molecule has 0 spiro atoms. The molecule has 2 aromatic rings. The highest BCUT2D eigenvalue weighted by molar-refractivity contribution is 7.95. The topological polar surface area (TPSA) is 69.0 Å². The SMILES string of the molecule is C=C/C(=C\C(=C(/C)c1nc2c(n1C)C(=O)CC(C(F)(F)F)=C2)S(=O)(=O)CC)c1cc(F)cc(F)c1. The second-order valence-electron chi connectivity index (χ2n) is 7.85. The second kappa shape index (κ2) is 9.37. The molecule has 0 atom stereocenters. The number of aromatic nitrogens is 2. The molecule has 0 unspecified atom stereocenters. The van der Waals surface area contributed by atoms with Crippen molar-refractivity contribution in [3.63, 3.8) is 0 Å². The number of carbonyl (C=O) groups excluding carboxylic acids is 1. The van der Waals surface area contributed by atoms with Gasteiger partial charge in [0.1, 0.15) is 23.2 Å². The van der Waals surface area contributed by atoms with Crippen LogP contribution in [0.3, 0.4) is 0 Å². The van der Waals surface area contributed by atoms with Crippen molar-refractivity contribution in [2.24, 2.45) is 7.05 Å². The van der Waals surface area contributed by atoms with E-state index >= 15 is 0 Å². The standard InChI is InChI=1S/C24H21F5N2O3S/c1-5-14(15-7-17(25)12-18(26)8-15)9-21(35(33,34)6-2)13(3)23-30-19-10-16(24(27,28)29)11-20(32)22(19)31(23)4/h5,7-10,12H,1,6,11H2,2-4H3/b14-9+,21-13-.